The number of benzene rings is 1. The second-order valence-corrected chi connectivity index (χ2v) is 3.84. The Morgan fingerprint density at radius 1 is 1.46 bits per heavy atom. The molecule has 0 radical (unpaired) electrons. The Balaban J connectivity index is 2.82. The Morgan fingerprint density at radius 2 is 2.23 bits per heavy atom. The average Bonchev–Trinajstić information content (AvgIpc) is 2.47. The fourth-order valence-electron chi connectivity index (χ4n) is 1.52. The van der Waals surface area contributed by atoms with E-state index in [0.717, 1.165) is 16.4 Å². The molecular formula is C10H9BrFN. The first kappa shape index (κ1) is 8.75. The van der Waals surface area contributed by atoms with Crippen molar-refractivity contribution in [1.29, 1.82) is 0 Å². The average molecular weight is 242 g/mol. The predicted octanol–water partition coefficient (Wildman–Crippen LogP) is 3.56. The quantitative estimate of drug-likeness (QED) is 0.720. The SMILES string of the molecule is CCn1ccc2cc(Br)cc(F)c21. The zero-order chi connectivity index (χ0) is 9.42. The van der Waals surface area contributed by atoms with Gasteiger partial charge in [0.1, 0.15) is 5.82 Å². The van der Waals surface area contributed by atoms with Crippen molar-refractivity contribution in [3.8, 4) is 0 Å². The predicted molar refractivity (Wildman–Crippen MR) is 55.3 cm³/mol. The van der Waals surface area contributed by atoms with Crippen molar-refractivity contribution in [2.45, 2.75) is 13.5 Å². The van der Waals surface area contributed by atoms with E-state index in [-0.39, 0.29) is 5.82 Å². The summed E-state index contributed by atoms with van der Waals surface area (Å²) in [5.41, 5.74) is 0.686. The van der Waals surface area contributed by atoms with Crippen LogP contribution in [0, 0.1) is 5.82 Å². The van der Waals surface area contributed by atoms with Gasteiger partial charge in [0.15, 0.2) is 0 Å². The molecule has 0 aliphatic heterocycles. The molecule has 0 bridgehead atoms. The van der Waals surface area contributed by atoms with Gasteiger partial charge in [0, 0.05) is 22.6 Å². The van der Waals surface area contributed by atoms with Crippen molar-refractivity contribution >= 4 is 26.8 Å². The normalized spacial score (nSPS) is 11.0. The van der Waals surface area contributed by atoms with Crippen molar-refractivity contribution in [1.82, 2.24) is 4.57 Å². The molecule has 13 heavy (non-hydrogen) atoms. The summed E-state index contributed by atoms with van der Waals surface area (Å²) in [5, 5.41) is 0.939. The number of halogens is 2. The Hall–Kier alpha value is -0.830. The van der Waals surface area contributed by atoms with Gasteiger partial charge >= 0.3 is 0 Å². The van der Waals surface area contributed by atoms with Crippen molar-refractivity contribution in [2.75, 3.05) is 0 Å². The van der Waals surface area contributed by atoms with E-state index in [1.54, 1.807) is 0 Å². The van der Waals surface area contributed by atoms with Gasteiger partial charge in [0.25, 0.3) is 0 Å². The largest absolute Gasteiger partial charge is 0.345 e. The first-order chi connectivity index (χ1) is 6.22. The molecule has 0 saturated carbocycles. The summed E-state index contributed by atoms with van der Waals surface area (Å²) in [6.07, 6.45) is 1.90. The molecule has 2 rings (SSSR count). The van der Waals surface area contributed by atoms with E-state index >= 15 is 0 Å². The standard InChI is InChI=1S/C10H9BrFN/c1-2-13-4-3-7-5-8(11)6-9(12)10(7)13/h3-6H,2H2,1H3. The van der Waals surface area contributed by atoms with Crippen LogP contribution < -0.4 is 0 Å². The van der Waals surface area contributed by atoms with Gasteiger partial charge in [-0.2, -0.15) is 0 Å². The molecule has 68 valence electrons. The number of fused-ring (bicyclic) bond motifs is 1. The molecule has 0 N–H and O–H groups in total. The number of hydrogen-bond donors (Lipinski definition) is 0. The number of aryl methyl sites for hydroxylation is 1. The summed E-state index contributed by atoms with van der Waals surface area (Å²) < 4.78 is 16.2. The van der Waals surface area contributed by atoms with Gasteiger partial charge in [0.2, 0.25) is 0 Å². The highest BCUT2D eigenvalue weighted by Crippen LogP contribution is 2.24. The van der Waals surface area contributed by atoms with Crippen LogP contribution in [0.4, 0.5) is 4.39 Å². The Kier molecular flexibility index (Phi) is 2.12. The van der Waals surface area contributed by atoms with E-state index in [9.17, 15) is 4.39 Å². The summed E-state index contributed by atoms with van der Waals surface area (Å²) in [4.78, 5) is 0. The minimum Gasteiger partial charge on any atom is -0.345 e. The molecule has 0 saturated heterocycles. The first-order valence-electron chi connectivity index (χ1n) is 4.16. The van der Waals surface area contributed by atoms with E-state index in [1.165, 1.54) is 6.07 Å². The molecule has 0 fully saturated rings. The van der Waals surface area contributed by atoms with Crippen LogP contribution in [0.2, 0.25) is 0 Å². The lowest BCUT2D eigenvalue weighted by Gasteiger charge is -2.01. The summed E-state index contributed by atoms with van der Waals surface area (Å²) in [6.45, 7) is 2.79. The van der Waals surface area contributed by atoms with E-state index in [4.69, 9.17) is 0 Å². The van der Waals surface area contributed by atoms with Crippen LogP contribution in [0.15, 0.2) is 28.9 Å². The Bertz CT molecular complexity index is 447. The van der Waals surface area contributed by atoms with Crippen LogP contribution in [0.25, 0.3) is 10.9 Å². The third-order valence-electron chi connectivity index (χ3n) is 2.12. The highest BCUT2D eigenvalue weighted by Gasteiger charge is 2.06. The first-order valence-corrected chi connectivity index (χ1v) is 4.95. The maximum absolute atomic E-state index is 13.5. The van der Waals surface area contributed by atoms with Gasteiger partial charge in [-0.1, -0.05) is 15.9 Å². The Labute approximate surface area is 84.3 Å². The van der Waals surface area contributed by atoms with Gasteiger partial charge < -0.3 is 4.57 Å². The minimum absolute atomic E-state index is 0.170. The maximum atomic E-state index is 13.5. The third kappa shape index (κ3) is 1.37. The number of aromatic nitrogens is 1. The van der Waals surface area contributed by atoms with Crippen LogP contribution >= 0.6 is 15.9 Å². The highest BCUT2D eigenvalue weighted by molar-refractivity contribution is 9.10. The van der Waals surface area contributed by atoms with Crippen molar-refractivity contribution in [2.24, 2.45) is 0 Å². The Morgan fingerprint density at radius 3 is 2.92 bits per heavy atom. The summed E-state index contributed by atoms with van der Waals surface area (Å²) >= 11 is 3.27. The van der Waals surface area contributed by atoms with Gasteiger partial charge in [0.05, 0.1) is 5.52 Å². The molecule has 1 aromatic carbocycles. The van der Waals surface area contributed by atoms with Gasteiger partial charge in [-0.05, 0) is 25.1 Å². The lowest BCUT2D eigenvalue weighted by atomic mass is 10.2. The molecule has 1 heterocycles. The lowest BCUT2D eigenvalue weighted by molar-refractivity contribution is 0.625. The fourth-order valence-corrected chi connectivity index (χ4v) is 1.97. The molecule has 0 atom stereocenters. The van der Waals surface area contributed by atoms with E-state index in [1.807, 2.05) is 29.8 Å². The number of hydrogen-bond acceptors (Lipinski definition) is 0. The molecule has 0 aliphatic rings. The van der Waals surface area contributed by atoms with Crippen molar-refractivity contribution in [3.05, 3.63) is 34.7 Å². The second kappa shape index (κ2) is 3.14. The van der Waals surface area contributed by atoms with Crippen LogP contribution in [0.5, 0.6) is 0 Å². The van der Waals surface area contributed by atoms with E-state index in [0.29, 0.717) is 5.52 Å². The molecule has 1 aromatic heterocycles. The van der Waals surface area contributed by atoms with Crippen molar-refractivity contribution in [3.63, 3.8) is 0 Å². The van der Waals surface area contributed by atoms with Crippen molar-refractivity contribution < 1.29 is 4.39 Å². The maximum Gasteiger partial charge on any atom is 0.148 e. The molecule has 0 aliphatic carbocycles. The van der Waals surface area contributed by atoms with Crippen LogP contribution in [-0.2, 0) is 6.54 Å². The topological polar surface area (TPSA) is 4.93 Å². The smallest absolute Gasteiger partial charge is 0.148 e. The molecule has 1 nitrogen and oxygen atoms in total. The zero-order valence-electron chi connectivity index (χ0n) is 7.22. The van der Waals surface area contributed by atoms with Crippen LogP contribution in [0.3, 0.4) is 0 Å². The van der Waals surface area contributed by atoms with E-state index in [2.05, 4.69) is 15.9 Å². The highest BCUT2D eigenvalue weighted by atomic mass is 79.9. The number of rotatable bonds is 1. The van der Waals surface area contributed by atoms with Crippen LogP contribution in [0.1, 0.15) is 6.92 Å². The monoisotopic (exact) mass is 241 g/mol. The lowest BCUT2D eigenvalue weighted by Crippen LogP contribution is -1.93. The third-order valence-corrected chi connectivity index (χ3v) is 2.58. The van der Waals surface area contributed by atoms with E-state index < -0.39 is 0 Å². The summed E-state index contributed by atoms with van der Waals surface area (Å²) in [7, 11) is 0. The minimum atomic E-state index is -0.170. The molecular weight excluding hydrogens is 233 g/mol. The fraction of sp³-hybridized carbons (Fsp3) is 0.200. The molecule has 0 spiro atoms. The van der Waals surface area contributed by atoms with Gasteiger partial charge in [-0.15, -0.1) is 0 Å². The van der Waals surface area contributed by atoms with Crippen LogP contribution in [-0.4, -0.2) is 4.57 Å². The second-order valence-electron chi connectivity index (χ2n) is 2.93. The van der Waals surface area contributed by atoms with Gasteiger partial charge in [-0.25, -0.2) is 4.39 Å². The molecule has 2 aromatic rings. The zero-order valence-corrected chi connectivity index (χ0v) is 8.81. The molecule has 0 unspecified atom stereocenters. The summed E-state index contributed by atoms with van der Waals surface area (Å²) in [5.74, 6) is -0.170. The van der Waals surface area contributed by atoms with Gasteiger partial charge in [-0.3, -0.25) is 0 Å². The molecule has 3 heteroatoms. The summed E-state index contributed by atoms with van der Waals surface area (Å²) in [6, 6.07) is 5.34. The molecule has 0 amide bonds. The number of nitrogens with zero attached hydrogens (tertiary/aromatic N) is 1.